The average Bonchev–Trinajstić information content (AvgIpc) is 2.97. The van der Waals surface area contributed by atoms with E-state index in [9.17, 15) is 4.79 Å². The maximum absolute atomic E-state index is 12.9. The maximum Gasteiger partial charge on any atom is 0.251 e. The van der Waals surface area contributed by atoms with Crippen LogP contribution in [0.4, 0.5) is 0 Å². The second-order valence-electron chi connectivity index (χ2n) is 8.86. The van der Waals surface area contributed by atoms with E-state index in [1.165, 1.54) is 12.8 Å². The van der Waals surface area contributed by atoms with Crippen molar-refractivity contribution in [2.24, 2.45) is 23.2 Å². The zero-order valence-electron chi connectivity index (χ0n) is 15.2. The molecule has 3 aliphatic rings. The number of amides is 1. The number of nitrogens with zero attached hydrogens (tertiary/aromatic N) is 1. The monoisotopic (exact) mass is 323 g/mol. The molecule has 2 heterocycles. The lowest BCUT2D eigenvalue weighted by atomic mass is 9.71. The van der Waals surface area contributed by atoms with Gasteiger partial charge in [0, 0.05) is 31.5 Å². The van der Waals surface area contributed by atoms with Crippen LogP contribution >= 0.6 is 0 Å². The summed E-state index contributed by atoms with van der Waals surface area (Å²) in [5, 5.41) is 0. The van der Waals surface area contributed by atoms with Crippen molar-refractivity contribution in [3.63, 3.8) is 0 Å². The standard InChI is InChI=1S/C19H33NO3/c1-19(2,3)14-5-7-15(8-6-14)20(4)18(21)17-16-9-10-22-11-13(16)12-23-17/h13-17H,5-12H2,1-4H3. The van der Waals surface area contributed by atoms with Gasteiger partial charge in [-0.3, -0.25) is 4.79 Å². The smallest absolute Gasteiger partial charge is 0.251 e. The predicted octanol–water partition coefficient (Wildman–Crippen LogP) is 3.10. The molecule has 0 spiro atoms. The number of fused-ring (bicyclic) bond motifs is 1. The number of hydrogen-bond donors (Lipinski definition) is 0. The average molecular weight is 323 g/mol. The first-order valence-corrected chi connectivity index (χ1v) is 9.34. The van der Waals surface area contributed by atoms with Crippen molar-refractivity contribution in [1.29, 1.82) is 0 Å². The third-order valence-electron chi connectivity index (χ3n) is 6.47. The van der Waals surface area contributed by atoms with Gasteiger partial charge in [0.25, 0.3) is 5.91 Å². The summed E-state index contributed by atoms with van der Waals surface area (Å²) in [5.74, 6) is 1.77. The third-order valence-corrected chi connectivity index (χ3v) is 6.47. The third kappa shape index (κ3) is 3.58. The first-order chi connectivity index (χ1) is 10.9. The summed E-state index contributed by atoms with van der Waals surface area (Å²) in [6.45, 7) is 9.23. The van der Waals surface area contributed by atoms with Gasteiger partial charge in [-0.1, -0.05) is 20.8 Å². The van der Waals surface area contributed by atoms with E-state index >= 15 is 0 Å². The Bertz CT molecular complexity index is 423. The van der Waals surface area contributed by atoms with Crippen LogP contribution in [0.5, 0.6) is 0 Å². The lowest BCUT2D eigenvalue weighted by molar-refractivity contribution is -0.145. The van der Waals surface area contributed by atoms with E-state index in [-0.39, 0.29) is 12.0 Å². The Morgan fingerprint density at radius 2 is 1.74 bits per heavy atom. The van der Waals surface area contributed by atoms with Crippen LogP contribution in [0, 0.1) is 23.2 Å². The molecule has 1 amide bonds. The normalized spacial score (nSPS) is 38.2. The SMILES string of the molecule is CN(C(=O)C1OCC2COCCC21)C1CCC(C(C)(C)C)CC1. The van der Waals surface area contributed by atoms with Gasteiger partial charge in [-0.2, -0.15) is 0 Å². The molecule has 1 saturated carbocycles. The van der Waals surface area contributed by atoms with E-state index in [4.69, 9.17) is 9.47 Å². The molecule has 3 rings (SSSR count). The number of hydrogen-bond acceptors (Lipinski definition) is 3. The topological polar surface area (TPSA) is 38.8 Å². The Kier molecular flexibility index (Phi) is 5.03. The lowest BCUT2D eigenvalue weighted by Crippen LogP contribution is -2.47. The largest absolute Gasteiger partial charge is 0.381 e. The molecule has 3 unspecified atom stereocenters. The molecule has 0 aromatic carbocycles. The molecule has 3 atom stereocenters. The molecule has 2 aliphatic heterocycles. The van der Waals surface area contributed by atoms with E-state index < -0.39 is 0 Å². The summed E-state index contributed by atoms with van der Waals surface area (Å²) >= 11 is 0. The molecule has 1 aliphatic carbocycles. The summed E-state index contributed by atoms with van der Waals surface area (Å²) in [6.07, 6.45) is 5.47. The summed E-state index contributed by atoms with van der Waals surface area (Å²) in [7, 11) is 1.99. The Hall–Kier alpha value is -0.610. The molecular formula is C19H33NO3. The van der Waals surface area contributed by atoms with Crippen molar-refractivity contribution in [2.75, 3.05) is 26.9 Å². The fourth-order valence-electron chi connectivity index (χ4n) is 4.70. The van der Waals surface area contributed by atoms with Crippen LogP contribution in [-0.2, 0) is 14.3 Å². The van der Waals surface area contributed by atoms with Crippen LogP contribution in [-0.4, -0.2) is 49.8 Å². The van der Waals surface area contributed by atoms with Crippen LogP contribution in [0.2, 0.25) is 0 Å². The molecule has 4 nitrogen and oxygen atoms in total. The molecule has 3 fully saturated rings. The van der Waals surface area contributed by atoms with Gasteiger partial charge in [0.2, 0.25) is 0 Å². The molecular weight excluding hydrogens is 290 g/mol. The number of carbonyl (C=O) groups is 1. The van der Waals surface area contributed by atoms with Gasteiger partial charge < -0.3 is 14.4 Å². The minimum Gasteiger partial charge on any atom is -0.381 e. The number of carbonyl (C=O) groups excluding carboxylic acids is 1. The van der Waals surface area contributed by atoms with Gasteiger partial charge in [-0.15, -0.1) is 0 Å². The van der Waals surface area contributed by atoms with Crippen LogP contribution in [0.1, 0.15) is 52.9 Å². The Labute approximate surface area is 140 Å². The minimum atomic E-state index is -0.228. The van der Waals surface area contributed by atoms with Crippen molar-refractivity contribution < 1.29 is 14.3 Å². The van der Waals surface area contributed by atoms with Crippen molar-refractivity contribution in [2.45, 2.75) is 65.0 Å². The van der Waals surface area contributed by atoms with Crippen LogP contribution in [0.15, 0.2) is 0 Å². The second kappa shape index (κ2) is 6.72. The highest BCUT2D eigenvalue weighted by molar-refractivity contribution is 5.81. The highest BCUT2D eigenvalue weighted by Crippen LogP contribution is 2.40. The van der Waals surface area contributed by atoms with E-state index in [1.54, 1.807) is 0 Å². The van der Waals surface area contributed by atoms with Gasteiger partial charge >= 0.3 is 0 Å². The van der Waals surface area contributed by atoms with Gasteiger partial charge in [0.15, 0.2) is 0 Å². The van der Waals surface area contributed by atoms with Crippen LogP contribution < -0.4 is 0 Å². The van der Waals surface area contributed by atoms with E-state index in [0.717, 1.165) is 38.4 Å². The molecule has 0 aromatic rings. The Morgan fingerprint density at radius 1 is 1.04 bits per heavy atom. The first-order valence-electron chi connectivity index (χ1n) is 9.34. The fourth-order valence-corrected chi connectivity index (χ4v) is 4.70. The Morgan fingerprint density at radius 3 is 2.39 bits per heavy atom. The van der Waals surface area contributed by atoms with Crippen molar-refractivity contribution in [3.8, 4) is 0 Å². The maximum atomic E-state index is 12.9. The summed E-state index contributed by atoms with van der Waals surface area (Å²) in [6, 6.07) is 0.392. The molecule has 0 aromatic heterocycles. The summed E-state index contributed by atoms with van der Waals surface area (Å²) in [4.78, 5) is 14.9. The predicted molar refractivity (Wildman–Crippen MR) is 90.1 cm³/mol. The van der Waals surface area contributed by atoms with E-state index in [0.29, 0.717) is 29.9 Å². The quantitative estimate of drug-likeness (QED) is 0.784. The summed E-state index contributed by atoms with van der Waals surface area (Å²) in [5.41, 5.74) is 0.386. The summed E-state index contributed by atoms with van der Waals surface area (Å²) < 4.78 is 11.4. The van der Waals surface area contributed by atoms with Crippen LogP contribution in [0.3, 0.4) is 0 Å². The molecule has 0 N–H and O–H groups in total. The first kappa shape index (κ1) is 17.2. The second-order valence-corrected chi connectivity index (χ2v) is 8.86. The van der Waals surface area contributed by atoms with Crippen molar-refractivity contribution in [3.05, 3.63) is 0 Å². The molecule has 2 saturated heterocycles. The molecule has 132 valence electrons. The molecule has 4 heteroatoms. The van der Waals surface area contributed by atoms with Gasteiger partial charge in [-0.25, -0.2) is 0 Å². The molecule has 23 heavy (non-hydrogen) atoms. The van der Waals surface area contributed by atoms with Gasteiger partial charge in [-0.05, 0) is 43.4 Å². The zero-order chi connectivity index (χ0) is 16.6. The number of rotatable bonds is 2. The zero-order valence-corrected chi connectivity index (χ0v) is 15.2. The van der Waals surface area contributed by atoms with Gasteiger partial charge in [0.1, 0.15) is 6.10 Å². The molecule has 0 radical (unpaired) electrons. The van der Waals surface area contributed by atoms with E-state index in [1.807, 2.05) is 11.9 Å². The minimum absolute atomic E-state index is 0.207. The number of likely N-dealkylation sites (N-methyl/N-ethyl adjacent to an activating group) is 1. The number of ether oxygens (including phenoxy) is 2. The van der Waals surface area contributed by atoms with Crippen LogP contribution in [0.25, 0.3) is 0 Å². The lowest BCUT2D eigenvalue weighted by Gasteiger charge is -2.41. The highest BCUT2D eigenvalue weighted by atomic mass is 16.5. The van der Waals surface area contributed by atoms with Gasteiger partial charge in [0.05, 0.1) is 13.2 Å². The molecule has 0 bridgehead atoms. The Balaban J connectivity index is 1.56. The van der Waals surface area contributed by atoms with Crippen molar-refractivity contribution >= 4 is 5.91 Å². The fraction of sp³-hybridized carbons (Fsp3) is 0.947. The highest BCUT2D eigenvalue weighted by Gasteiger charge is 2.45. The van der Waals surface area contributed by atoms with E-state index in [2.05, 4.69) is 20.8 Å². The van der Waals surface area contributed by atoms with Crippen molar-refractivity contribution in [1.82, 2.24) is 4.90 Å².